The SMILES string of the molecule is O=C(Cn1nc(C(=O)Nc2ccccc2)ccc1=O)Nc1cc(C(F)(F)F)ccc1Cl. The van der Waals surface area contributed by atoms with E-state index in [2.05, 4.69) is 15.7 Å². The lowest BCUT2D eigenvalue weighted by Gasteiger charge is -2.12. The molecule has 0 saturated carbocycles. The van der Waals surface area contributed by atoms with Crippen LogP contribution in [0.1, 0.15) is 16.1 Å². The molecule has 0 atom stereocenters. The fourth-order valence-electron chi connectivity index (χ4n) is 2.52. The van der Waals surface area contributed by atoms with Crippen LogP contribution in [0.25, 0.3) is 0 Å². The summed E-state index contributed by atoms with van der Waals surface area (Å²) in [5.74, 6) is -1.46. The summed E-state index contributed by atoms with van der Waals surface area (Å²) >= 11 is 5.85. The number of hydrogen-bond acceptors (Lipinski definition) is 4. The number of amides is 2. The molecule has 11 heteroatoms. The second-order valence-electron chi connectivity index (χ2n) is 6.28. The summed E-state index contributed by atoms with van der Waals surface area (Å²) in [6, 6.07) is 13.2. The highest BCUT2D eigenvalue weighted by Crippen LogP contribution is 2.33. The smallest absolute Gasteiger partial charge is 0.323 e. The first-order valence-corrected chi connectivity index (χ1v) is 9.12. The normalized spacial score (nSPS) is 11.1. The van der Waals surface area contributed by atoms with Gasteiger partial charge in [0.15, 0.2) is 0 Å². The highest BCUT2D eigenvalue weighted by molar-refractivity contribution is 6.33. The Bertz CT molecular complexity index is 1180. The van der Waals surface area contributed by atoms with Gasteiger partial charge in [0.05, 0.1) is 16.3 Å². The number of halogens is 4. The third kappa shape index (κ3) is 5.70. The molecule has 0 aliphatic heterocycles. The molecule has 0 saturated heterocycles. The summed E-state index contributed by atoms with van der Waals surface area (Å²) in [7, 11) is 0. The average molecular weight is 451 g/mol. The minimum atomic E-state index is -4.62. The Balaban J connectivity index is 1.75. The molecule has 2 aromatic carbocycles. The van der Waals surface area contributed by atoms with Crippen LogP contribution in [0.3, 0.4) is 0 Å². The standard InChI is InChI=1S/C20H14ClF3N4O3/c21-14-7-6-12(20(22,23)24)10-16(14)26-17(29)11-28-18(30)9-8-15(27-28)19(31)25-13-4-2-1-3-5-13/h1-10H,11H2,(H,25,31)(H,26,29). The van der Waals surface area contributed by atoms with Crippen LogP contribution in [0, 0.1) is 0 Å². The van der Waals surface area contributed by atoms with Gasteiger partial charge in [0.25, 0.3) is 11.5 Å². The molecule has 1 heterocycles. The summed E-state index contributed by atoms with van der Waals surface area (Å²) in [6.45, 7) is -0.641. The highest BCUT2D eigenvalue weighted by Gasteiger charge is 2.31. The van der Waals surface area contributed by atoms with Crippen LogP contribution in [0.4, 0.5) is 24.5 Å². The van der Waals surface area contributed by atoms with E-state index in [1.165, 1.54) is 6.07 Å². The van der Waals surface area contributed by atoms with Gasteiger partial charge in [-0.2, -0.15) is 18.3 Å². The molecule has 0 aliphatic rings. The third-order valence-electron chi connectivity index (χ3n) is 3.99. The van der Waals surface area contributed by atoms with E-state index >= 15 is 0 Å². The van der Waals surface area contributed by atoms with Gasteiger partial charge in [-0.15, -0.1) is 0 Å². The fraction of sp³-hybridized carbons (Fsp3) is 0.100. The Labute approximate surface area is 178 Å². The van der Waals surface area contributed by atoms with Gasteiger partial charge in [-0.05, 0) is 36.4 Å². The summed E-state index contributed by atoms with van der Waals surface area (Å²) in [5.41, 5.74) is -1.58. The molecule has 0 bridgehead atoms. The predicted molar refractivity (Wildman–Crippen MR) is 108 cm³/mol. The molecule has 0 fully saturated rings. The molecule has 0 aliphatic carbocycles. The van der Waals surface area contributed by atoms with Gasteiger partial charge in [-0.25, -0.2) is 4.68 Å². The number of benzene rings is 2. The third-order valence-corrected chi connectivity index (χ3v) is 4.32. The Hall–Kier alpha value is -3.66. The maximum atomic E-state index is 12.9. The van der Waals surface area contributed by atoms with Gasteiger partial charge in [0.2, 0.25) is 5.91 Å². The van der Waals surface area contributed by atoms with Crippen LogP contribution >= 0.6 is 11.6 Å². The van der Waals surface area contributed by atoms with Crippen LogP contribution in [-0.4, -0.2) is 21.6 Å². The van der Waals surface area contributed by atoms with E-state index in [0.717, 1.165) is 22.9 Å². The minimum Gasteiger partial charge on any atom is -0.323 e. The van der Waals surface area contributed by atoms with Crippen LogP contribution in [0.5, 0.6) is 0 Å². The second-order valence-corrected chi connectivity index (χ2v) is 6.68. The van der Waals surface area contributed by atoms with Crippen molar-refractivity contribution in [2.24, 2.45) is 0 Å². The Morgan fingerprint density at radius 2 is 1.71 bits per heavy atom. The molecular weight excluding hydrogens is 437 g/mol. The van der Waals surface area contributed by atoms with E-state index in [-0.39, 0.29) is 16.4 Å². The number of alkyl halides is 3. The van der Waals surface area contributed by atoms with Crippen LogP contribution in [0.2, 0.25) is 5.02 Å². The fourth-order valence-corrected chi connectivity index (χ4v) is 2.69. The number of rotatable bonds is 5. The number of carbonyl (C=O) groups excluding carboxylic acids is 2. The number of nitrogens with zero attached hydrogens (tertiary/aromatic N) is 2. The van der Waals surface area contributed by atoms with Crippen molar-refractivity contribution >= 4 is 34.8 Å². The number of hydrogen-bond donors (Lipinski definition) is 2. The molecule has 0 radical (unpaired) electrons. The quantitative estimate of drug-likeness (QED) is 0.618. The van der Waals surface area contributed by atoms with Gasteiger partial charge in [-0.3, -0.25) is 14.4 Å². The lowest BCUT2D eigenvalue weighted by atomic mass is 10.2. The molecular formula is C20H14ClF3N4O3. The van der Waals surface area contributed by atoms with E-state index in [1.807, 2.05) is 0 Å². The van der Waals surface area contributed by atoms with E-state index in [0.29, 0.717) is 11.8 Å². The average Bonchev–Trinajstić information content (AvgIpc) is 2.71. The first kappa shape index (κ1) is 22.0. The lowest BCUT2D eigenvalue weighted by Crippen LogP contribution is -2.31. The van der Waals surface area contributed by atoms with Gasteiger partial charge in [0, 0.05) is 11.8 Å². The summed E-state index contributed by atoms with van der Waals surface area (Å²) in [5, 5.41) is 8.53. The topological polar surface area (TPSA) is 93.1 Å². The van der Waals surface area contributed by atoms with Crippen LogP contribution in [-0.2, 0) is 17.5 Å². The van der Waals surface area contributed by atoms with Crippen LogP contribution in [0.15, 0.2) is 65.5 Å². The zero-order valence-corrected chi connectivity index (χ0v) is 16.4. The molecule has 3 aromatic rings. The Morgan fingerprint density at radius 1 is 1.00 bits per heavy atom. The van der Waals surface area contributed by atoms with E-state index in [1.54, 1.807) is 30.3 Å². The molecule has 2 N–H and O–H groups in total. The highest BCUT2D eigenvalue weighted by atomic mass is 35.5. The second kappa shape index (κ2) is 9.00. The molecule has 1 aromatic heterocycles. The molecule has 7 nitrogen and oxygen atoms in total. The molecule has 0 unspecified atom stereocenters. The van der Waals surface area contributed by atoms with Crippen molar-refractivity contribution in [3.8, 4) is 0 Å². The Kier molecular flexibility index (Phi) is 6.40. The number of aromatic nitrogens is 2. The van der Waals surface area contributed by atoms with Crippen molar-refractivity contribution in [2.75, 3.05) is 10.6 Å². The van der Waals surface area contributed by atoms with Crippen LogP contribution < -0.4 is 16.2 Å². The van der Waals surface area contributed by atoms with Crippen molar-refractivity contribution in [1.29, 1.82) is 0 Å². The van der Waals surface area contributed by atoms with Gasteiger partial charge >= 0.3 is 6.18 Å². The van der Waals surface area contributed by atoms with Gasteiger partial charge in [0.1, 0.15) is 12.2 Å². The molecule has 3 rings (SSSR count). The number of anilines is 2. The van der Waals surface area contributed by atoms with Crippen molar-refractivity contribution in [2.45, 2.75) is 12.7 Å². The van der Waals surface area contributed by atoms with Crippen molar-refractivity contribution < 1.29 is 22.8 Å². The zero-order chi connectivity index (χ0) is 22.6. The molecule has 0 spiro atoms. The van der Waals surface area contributed by atoms with E-state index in [4.69, 9.17) is 11.6 Å². The first-order chi connectivity index (χ1) is 14.6. The molecule has 31 heavy (non-hydrogen) atoms. The lowest BCUT2D eigenvalue weighted by molar-refractivity contribution is -0.137. The minimum absolute atomic E-state index is 0.113. The van der Waals surface area contributed by atoms with E-state index in [9.17, 15) is 27.6 Å². The molecule has 160 valence electrons. The largest absolute Gasteiger partial charge is 0.416 e. The summed E-state index contributed by atoms with van der Waals surface area (Å²) < 4.78 is 39.3. The maximum absolute atomic E-state index is 12.9. The van der Waals surface area contributed by atoms with Crippen molar-refractivity contribution in [3.63, 3.8) is 0 Å². The maximum Gasteiger partial charge on any atom is 0.416 e. The van der Waals surface area contributed by atoms with Gasteiger partial charge < -0.3 is 10.6 Å². The monoisotopic (exact) mass is 450 g/mol. The summed E-state index contributed by atoms with van der Waals surface area (Å²) in [4.78, 5) is 36.6. The number of carbonyl (C=O) groups is 2. The number of nitrogens with one attached hydrogen (secondary N) is 2. The van der Waals surface area contributed by atoms with Crippen molar-refractivity contribution in [1.82, 2.24) is 9.78 Å². The Morgan fingerprint density at radius 3 is 2.39 bits per heavy atom. The van der Waals surface area contributed by atoms with E-state index < -0.39 is 35.7 Å². The first-order valence-electron chi connectivity index (χ1n) is 8.74. The predicted octanol–water partition coefficient (Wildman–Crippen LogP) is 3.81. The van der Waals surface area contributed by atoms with Gasteiger partial charge in [-0.1, -0.05) is 29.8 Å². The van der Waals surface area contributed by atoms with Crippen molar-refractivity contribution in [3.05, 3.63) is 87.3 Å². The summed E-state index contributed by atoms with van der Waals surface area (Å²) in [6.07, 6.45) is -4.62. The molecule has 2 amide bonds. The number of para-hydroxylation sites is 1. The zero-order valence-electron chi connectivity index (χ0n) is 15.6.